The second-order valence-corrected chi connectivity index (χ2v) is 11.1. The van der Waals surface area contributed by atoms with E-state index < -0.39 is 0 Å². The highest BCUT2D eigenvalue weighted by Crippen LogP contribution is 2.27. The number of fused-ring (bicyclic) bond motifs is 1. The number of aromatic amines is 2. The van der Waals surface area contributed by atoms with Gasteiger partial charge in [-0.25, -0.2) is 0 Å². The SMILES string of the molecule is CCN(CC)CCOc1ccc2[nH]c(-c3cc(NC(=O)c4cnn(CC5=CCC(C(C)C)C=C5)c4)c[nH]c3=O)cc2c1. The zero-order chi connectivity index (χ0) is 29.6. The third-order valence-corrected chi connectivity index (χ3v) is 7.92. The van der Waals surface area contributed by atoms with Crippen LogP contribution in [0.15, 0.2) is 77.5 Å². The summed E-state index contributed by atoms with van der Waals surface area (Å²) in [5, 5.41) is 8.20. The monoisotopic (exact) mass is 568 g/mol. The first-order valence-electron chi connectivity index (χ1n) is 14.7. The largest absolute Gasteiger partial charge is 0.492 e. The van der Waals surface area contributed by atoms with E-state index in [2.05, 4.69) is 71.2 Å². The Morgan fingerprint density at radius 3 is 2.79 bits per heavy atom. The van der Waals surface area contributed by atoms with Gasteiger partial charge in [-0.15, -0.1) is 0 Å². The first kappa shape index (κ1) is 29.1. The van der Waals surface area contributed by atoms with Gasteiger partial charge in [0.15, 0.2) is 0 Å². The van der Waals surface area contributed by atoms with E-state index in [0.717, 1.165) is 42.7 Å². The third kappa shape index (κ3) is 6.91. The van der Waals surface area contributed by atoms with Crippen LogP contribution in [0.1, 0.15) is 44.5 Å². The molecule has 0 saturated heterocycles. The van der Waals surface area contributed by atoms with Crippen molar-refractivity contribution in [2.45, 2.75) is 40.7 Å². The molecule has 3 heterocycles. The number of aromatic nitrogens is 4. The Bertz CT molecular complexity index is 1650. The van der Waals surface area contributed by atoms with Gasteiger partial charge < -0.3 is 24.9 Å². The van der Waals surface area contributed by atoms with Crippen molar-refractivity contribution >= 4 is 22.5 Å². The van der Waals surface area contributed by atoms with Gasteiger partial charge in [0.25, 0.3) is 11.5 Å². The van der Waals surface area contributed by atoms with Crippen LogP contribution < -0.4 is 15.6 Å². The van der Waals surface area contributed by atoms with E-state index in [1.807, 2.05) is 24.3 Å². The summed E-state index contributed by atoms with van der Waals surface area (Å²) in [5.74, 6) is 1.67. The molecule has 0 aliphatic heterocycles. The number of carbonyl (C=O) groups excluding carboxylic acids is 1. The predicted octanol–water partition coefficient (Wildman–Crippen LogP) is 5.85. The van der Waals surface area contributed by atoms with Crippen molar-refractivity contribution in [1.82, 2.24) is 24.6 Å². The Labute approximate surface area is 246 Å². The van der Waals surface area contributed by atoms with Gasteiger partial charge in [-0.1, -0.05) is 45.9 Å². The lowest BCUT2D eigenvalue weighted by molar-refractivity contribution is 0.102. The first-order valence-corrected chi connectivity index (χ1v) is 14.7. The Morgan fingerprint density at radius 1 is 1.21 bits per heavy atom. The average molecular weight is 569 g/mol. The quantitative estimate of drug-likeness (QED) is 0.199. The number of carbonyl (C=O) groups is 1. The van der Waals surface area contributed by atoms with Crippen LogP contribution in [0.2, 0.25) is 0 Å². The highest BCUT2D eigenvalue weighted by atomic mass is 16.5. The van der Waals surface area contributed by atoms with Gasteiger partial charge in [-0.2, -0.15) is 5.10 Å². The van der Waals surface area contributed by atoms with Crippen molar-refractivity contribution < 1.29 is 9.53 Å². The minimum absolute atomic E-state index is 0.253. The van der Waals surface area contributed by atoms with E-state index in [1.54, 1.807) is 23.1 Å². The maximum Gasteiger partial charge on any atom is 0.258 e. The lowest BCUT2D eigenvalue weighted by atomic mass is 9.88. The molecule has 1 atom stereocenters. The van der Waals surface area contributed by atoms with E-state index in [-0.39, 0.29) is 11.5 Å². The number of likely N-dealkylation sites (N-methyl/N-ethyl adjacent to an activating group) is 1. The fourth-order valence-corrected chi connectivity index (χ4v) is 5.18. The van der Waals surface area contributed by atoms with Gasteiger partial charge in [0.1, 0.15) is 12.4 Å². The van der Waals surface area contributed by atoms with Crippen LogP contribution in [-0.2, 0) is 6.54 Å². The zero-order valence-corrected chi connectivity index (χ0v) is 24.8. The number of nitrogens with zero attached hydrogens (tertiary/aromatic N) is 3. The standard InChI is InChI=1S/C33H40N6O3/c1-5-38(6-2)13-14-42-28-11-12-30-25(15-28)16-31(37-30)29-17-27(19-34-33(29)41)36-32(40)26-18-35-39(21-26)20-23-7-9-24(10-8-23)22(3)4/h7-9,11-12,15-19,21-22,24,37H,5-6,10,13-14,20H2,1-4H3,(H,34,41)(H,36,40). The maximum atomic E-state index is 13.0. The molecule has 42 heavy (non-hydrogen) atoms. The number of rotatable bonds is 12. The van der Waals surface area contributed by atoms with Crippen molar-refractivity contribution in [2.24, 2.45) is 11.8 Å². The number of pyridine rings is 1. The van der Waals surface area contributed by atoms with Gasteiger partial charge >= 0.3 is 0 Å². The summed E-state index contributed by atoms with van der Waals surface area (Å²) in [4.78, 5) is 34.1. The molecule has 0 spiro atoms. The van der Waals surface area contributed by atoms with Crippen molar-refractivity contribution in [1.29, 1.82) is 0 Å². The van der Waals surface area contributed by atoms with Crippen LogP contribution in [0.25, 0.3) is 22.2 Å². The fraction of sp³-hybridized carbons (Fsp3) is 0.364. The van der Waals surface area contributed by atoms with Crippen LogP contribution in [0.5, 0.6) is 5.75 Å². The topological polar surface area (TPSA) is 108 Å². The summed E-state index contributed by atoms with van der Waals surface area (Å²) >= 11 is 0. The first-order chi connectivity index (χ1) is 20.3. The molecule has 0 fully saturated rings. The number of anilines is 1. The molecule has 1 unspecified atom stereocenters. The molecule has 0 bridgehead atoms. The summed E-state index contributed by atoms with van der Waals surface area (Å²) in [7, 11) is 0. The second kappa shape index (κ2) is 13.1. The van der Waals surface area contributed by atoms with Crippen LogP contribution in [0.3, 0.4) is 0 Å². The number of hydrogen-bond donors (Lipinski definition) is 3. The molecule has 0 saturated carbocycles. The highest BCUT2D eigenvalue weighted by molar-refractivity contribution is 6.04. The minimum atomic E-state index is -0.296. The number of H-pyrrole nitrogens is 2. The number of ether oxygens (including phenoxy) is 1. The molecule has 1 aliphatic carbocycles. The van der Waals surface area contributed by atoms with E-state index in [0.29, 0.717) is 47.5 Å². The number of amides is 1. The number of allylic oxidation sites excluding steroid dienone is 4. The summed E-state index contributed by atoms with van der Waals surface area (Å²) in [5.41, 5.74) is 3.84. The van der Waals surface area contributed by atoms with Gasteiger partial charge in [0.05, 0.1) is 35.2 Å². The Balaban J connectivity index is 1.24. The van der Waals surface area contributed by atoms with Crippen LogP contribution in [0, 0.1) is 11.8 Å². The molecule has 1 aromatic carbocycles. The fourth-order valence-electron chi connectivity index (χ4n) is 5.18. The second-order valence-electron chi connectivity index (χ2n) is 11.1. The highest BCUT2D eigenvalue weighted by Gasteiger charge is 2.15. The Kier molecular flexibility index (Phi) is 9.07. The van der Waals surface area contributed by atoms with Crippen LogP contribution >= 0.6 is 0 Å². The molecule has 0 radical (unpaired) electrons. The maximum absolute atomic E-state index is 13.0. The molecule has 9 heteroatoms. The van der Waals surface area contributed by atoms with E-state index in [1.165, 1.54) is 11.8 Å². The van der Waals surface area contributed by atoms with Crippen molar-refractivity contribution in [2.75, 3.05) is 31.6 Å². The van der Waals surface area contributed by atoms with Crippen molar-refractivity contribution in [3.8, 4) is 17.0 Å². The van der Waals surface area contributed by atoms with Gasteiger partial charge in [0.2, 0.25) is 0 Å². The third-order valence-electron chi connectivity index (χ3n) is 7.92. The molecule has 3 N–H and O–H groups in total. The number of nitrogens with one attached hydrogen (secondary N) is 3. The zero-order valence-electron chi connectivity index (χ0n) is 24.8. The molecular weight excluding hydrogens is 528 g/mol. The van der Waals surface area contributed by atoms with Crippen molar-refractivity contribution in [3.05, 3.63) is 88.6 Å². The van der Waals surface area contributed by atoms with Crippen LogP contribution in [-0.4, -0.2) is 56.8 Å². The van der Waals surface area contributed by atoms with Gasteiger partial charge in [0, 0.05) is 29.8 Å². The molecule has 1 aliphatic rings. The molecule has 220 valence electrons. The number of benzene rings is 1. The van der Waals surface area contributed by atoms with Crippen molar-refractivity contribution in [3.63, 3.8) is 0 Å². The van der Waals surface area contributed by atoms with Gasteiger partial charge in [-0.05, 0) is 67.3 Å². The lowest BCUT2D eigenvalue weighted by Crippen LogP contribution is -2.27. The molecule has 3 aromatic heterocycles. The molecular formula is C33H40N6O3. The Hall–Kier alpha value is -4.37. The normalized spacial score (nSPS) is 15.0. The van der Waals surface area contributed by atoms with E-state index in [4.69, 9.17) is 4.74 Å². The minimum Gasteiger partial charge on any atom is -0.492 e. The molecule has 9 nitrogen and oxygen atoms in total. The smallest absolute Gasteiger partial charge is 0.258 e. The summed E-state index contributed by atoms with van der Waals surface area (Å²) < 4.78 is 7.73. The molecule has 1 amide bonds. The number of hydrogen-bond acceptors (Lipinski definition) is 5. The summed E-state index contributed by atoms with van der Waals surface area (Å²) in [6.07, 6.45) is 12.5. The Morgan fingerprint density at radius 2 is 2.05 bits per heavy atom. The average Bonchev–Trinajstić information content (AvgIpc) is 3.63. The predicted molar refractivity (Wildman–Crippen MR) is 168 cm³/mol. The van der Waals surface area contributed by atoms with Crippen LogP contribution in [0.4, 0.5) is 5.69 Å². The summed E-state index contributed by atoms with van der Waals surface area (Å²) in [6, 6.07) is 9.44. The van der Waals surface area contributed by atoms with E-state index in [9.17, 15) is 9.59 Å². The molecule has 5 rings (SSSR count). The lowest BCUT2D eigenvalue weighted by Gasteiger charge is -2.19. The van der Waals surface area contributed by atoms with E-state index >= 15 is 0 Å². The van der Waals surface area contributed by atoms with Gasteiger partial charge in [-0.3, -0.25) is 14.3 Å². The molecule has 4 aromatic rings. The summed E-state index contributed by atoms with van der Waals surface area (Å²) in [6.45, 7) is 12.8.